The van der Waals surface area contributed by atoms with Gasteiger partial charge in [0.25, 0.3) is 15.9 Å². The van der Waals surface area contributed by atoms with Crippen molar-refractivity contribution in [2.24, 2.45) is 0 Å². The molecule has 3 aromatic rings. The minimum Gasteiger partial charge on any atom is -0.356 e. The van der Waals surface area contributed by atoms with Crippen LogP contribution in [0.15, 0.2) is 35.4 Å². The molecule has 0 radical (unpaired) electrons. The molecule has 1 aliphatic rings. The first kappa shape index (κ1) is 17.0. The summed E-state index contributed by atoms with van der Waals surface area (Å²) in [6, 6.07) is 6.62. The maximum Gasteiger partial charge on any atom is 0.270 e. The lowest BCUT2D eigenvalue weighted by Gasteiger charge is -2.13. The summed E-state index contributed by atoms with van der Waals surface area (Å²) in [5, 5.41) is 0.927. The monoisotopic (exact) mass is 390 g/mol. The van der Waals surface area contributed by atoms with E-state index >= 15 is 0 Å². The van der Waals surface area contributed by atoms with Crippen LogP contribution in [0.25, 0.3) is 10.2 Å². The number of fused-ring (bicyclic) bond motifs is 1. The van der Waals surface area contributed by atoms with E-state index in [0.717, 1.165) is 28.1 Å². The summed E-state index contributed by atoms with van der Waals surface area (Å²) in [5.74, 6) is -0.162. The van der Waals surface area contributed by atoms with Crippen molar-refractivity contribution in [2.75, 3.05) is 17.8 Å². The number of rotatable bonds is 4. The fourth-order valence-corrected chi connectivity index (χ4v) is 4.97. The Morgan fingerprint density at radius 3 is 2.81 bits per heavy atom. The Morgan fingerprint density at radius 2 is 2.04 bits per heavy atom. The van der Waals surface area contributed by atoms with Gasteiger partial charge in [-0.25, -0.2) is 13.4 Å². The predicted molar refractivity (Wildman–Crippen MR) is 101 cm³/mol. The van der Waals surface area contributed by atoms with Crippen LogP contribution < -0.4 is 4.72 Å². The molecule has 0 unspecified atom stereocenters. The maximum absolute atomic E-state index is 12.6. The van der Waals surface area contributed by atoms with Gasteiger partial charge in [0.1, 0.15) is 10.6 Å². The van der Waals surface area contributed by atoms with Crippen molar-refractivity contribution in [2.45, 2.75) is 24.7 Å². The zero-order chi connectivity index (χ0) is 18.3. The molecule has 2 aromatic heterocycles. The first-order chi connectivity index (χ1) is 12.4. The number of carbonyl (C=O) groups is 1. The van der Waals surface area contributed by atoms with Crippen molar-refractivity contribution in [3.05, 3.63) is 41.2 Å². The van der Waals surface area contributed by atoms with Gasteiger partial charge >= 0.3 is 0 Å². The minimum absolute atomic E-state index is 0.0422. The van der Waals surface area contributed by atoms with E-state index in [4.69, 9.17) is 0 Å². The number of benzene rings is 1. The Labute approximate surface area is 155 Å². The molecule has 4 rings (SSSR count). The average molecular weight is 390 g/mol. The van der Waals surface area contributed by atoms with Crippen molar-refractivity contribution < 1.29 is 13.2 Å². The first-order valence-corrected chi connectivity index (χ1v) is 10.6. The van der Waals surface area contributed by atoms with Gasteiger partial charge in [-0.15, -0.1) is 11.3 Å². The molecule has 0 atom stereocenters. The summed E-state index contributed by atoms with van der Waals surface area (Å²) < 4.78 is 28.7. The van der Waals surface area contributed by atoms with Gasteiger partial charge in [-0.2, -0.15) is 0 Å². The number of anilines is 1. The maximum atomic E-state index is 12.6. The number of nitrogens with one attached hydrogen (secondary N) is 2. The average Bonchev–Trinajstić information content (AvgIpc) is 3.33. The van der Waals surface area contributed by atoms with E-state index in [9.17, 15) is 13.2 Å². The Kier molecular flexibility index (Phi) is 4.20. The first-order valence-electron chi connectivity index (χ1n) is 8.30. The molecule has 7 nitrogen and oxygen atoms in total. The van der Waals surface area contributed by atoms with Gasteiger partial charge in [-0.05, 0) is 44.0 Å². The number of aromatic amines is 1. The molecule has 1 aliphatic heterocycles. The van der Waals surface area contributed by atoms with Crippen molar-refractivity contribution in [1.82, 2.24) is 14.9 Å². The van der Waals surface area contributed by atoms with Crippen LogP contribution in [-0.4, -0.2) is 42.3 Å². The van der Waals surface area contributed by atoms with Crippen LogP contribution in [0.5, 0.6) is 0 Å². The zero-order valence-electron chi connectivity index (χ0n) is 14.2. The van der Waals surface area contributed by atoms with Crippen LogP contribution in [0.2, 0.25) is 0 Å². The Bertz CT molecular complexity index is 1080. The van der Waals surface area contributed by atoms with Crippen LogP contribution in [-0.2, 0) is 10.0 Å². The molecule has 0 aliphatic carbocycles. The molecular weight excluding hydrogens is 372 g/mol. The van der Waals surface area contributed by atoms with Gasteiger partial charge in [0.2, 0.25) is 0 Å². The molecule has 0 saturated carbocycles. The highest BCUT2D eigenvalue weighted by molar-refractivity contribution is 7.92. The van der Waals surface area contributed by atoms with E-state index in [2.05, 4.69) is 14.7 Å². The van der Waals surface area contributed by atoms with E-state index in [0.29, 0.717) is 24.5 Å². The minimum atomic E-state index is -3.78. The number of thiazole rings is 1. The standard InChI is InChI=1S/C17H18N4O3S2/c1-11-19-14-5-4-12(8-16(14)25-11)20-26(23,24)13-9-15(18-10-13)17(22)21-6-2-3-7-21/h4-5,8-10,18,20H,2-3,6-7H2,1H3. The molecule has 1 aromatic carbocycles. The van der Waals surface area contributed by atoms with E-state index < -0.39 is 10.0 Å². The Balaban J connectivity index is 1.56. The topological polar surface area (TPSA) is 95.2 Å². The molecule has 136 valence electrons. The fourth-order valence-electron chi connectivity index (χ4n) is 3.06. The third-order valence-corrected chi connectivity index (χ3v) is 6.63. The second kappa shape index (κ2) is 6.40. The second-order valence-electron chi connectivity index (χ2n) is 6.27. The number of carbonyl (C=O) groups excluding carboxylic acids is 1. The third kappa shape index (κ3) is 3.19. The molecule has 0 spiro atoms. The molecular formula is C17H18N4O3S2. The van der Waals surface area contributed by atoms with Crippen molar-refractivity contribution in [1.29, 1.82) is 0 Å². The number of amides is 1. The van der Waals surface area contributed by atoms with Crippen molar-refractivity contribution >= 4 is 43.2 Å². The third-order valence-electron chi connectivity index (χ3n) is 4.34. The Morgan fingerprint density at radius 1 is 1.27 bits per heavy atom. The van der Waals surface area contributed by atoms with E-state index in [1.54, 1.807) is 23.1 Å². The van der Waals surface area contributed by atoms with Gasteiger partial charge in [-0.3, -0.25) is 9.52 Å². The van der Waals surface area contributed by atoms with Crippen LogP contribution in [0, 0.1) is 6.92 Å². The zero-order valence-corrected chi connectivity index (χ0v) is 15.8. The molecule has 2 N–H and O–H groups in total. The summed E-state index contributed by atoms with van der Waals surface area (Å²) in [6.07, 6.45) is 3.32. The normalized spacial score (nSPS) is 14.9. The lowest BCUT2D eigenvalue weighted by molar-refractivity contribution is 0.0787. The van der Waals surface area contributed by atoms with Gasteiger partial charge < -0.3 is 9.88 Å². The highest BCUT2D eigenvalue weighted by Gasteiger charge is 2.23. The molecule has 3 heterocycles. The lowest BCUT2D eigenvalue weighted by atomic mass is 10.3. The van der Waals surface area contributed by atoms with Gasteiger partial charge in [-0.1, -0.05) is 0 Å². The highest BCUT2D eigenvalue weighted by Crippen LogP contribution is 2.26. The van der Waals surface area contributed by atoms with Crippen molar-refractivity contribution in [3.8, 4) is 0 Å². The van der Waals surface area contributed by atoms with Gasteiger partial charge in [0, 0.05) is 19.3 Å². The second-order valence-corrected chi connectivity index (χ2v) is 9.19. The van der Waals surface area contributed by atoms with Crippen LogP contribution >= 0.6 is 11.3 Å². The molecule has 1 amide bonds. The van der Waals surface area contributed by atoms with Crippen LogP contribution in [0.4, 0.5) is 5.69 Å². The van der Waals surface area contributed by atoms with E-state index in [1.807, 2.05) is 6.92 Å². The SMILES string of the molecule is Cc1nc2ccc(NS(=O)(=O)c3c[nH]c(C(=O)N4CCCC4)c3)cc2s1. The number of sulfonamides is 1. The van der Waals surface area contributed by atoms with Crippen LogP contribution in [0.1, 0.15) is 28.3 Å². The summed E-state index contributed by atoms with van der Waals surface area (Å²) in [5.41, 5.74) is 1.60. The Hall–Kier alpha value is -2.39. The number of hydrogen-bond donors (Lipinski definition) is 2. The van der Waals surface area contributed by atoms with Crippen molar-refractivity contribution in [3.63, 3.8) is 0 Å². The number of nitrogens with zero attached hydrogens (tertiary/aromatic N) is 2. The van der Waals surface area contributed by atoms with E-state index in [1.165, 1.54) is 23.6 Å². The van der Waals surface area contributed by atoms with Gasteiger partial charge in [0.05, 0.1) is 20.9 Å². The molecule has 1 fully saturated rings. The largest absolute Gasteiger partial charge is 0.356 e. The number of aryl methyl sites for hydroxylation is 1. The lowest BCUT2D eigenvalue weighted by Crippen LogP contribution is -2.27. The number of aromatic nitrogens is 2. The summed E-state index contributed by atoms with van der Waals surface area (Å²) in [4.78, 5) is 21.3. The highest BCUT2D eigenvalue weighted by atomic mass is 32.2. The predicted octanol–water partition coefficient (Wildman–Crippen LogP) is 2.97. The molecule has 1 saturated heterocycles. The van der Waals surface area contributed by atoms with E-state index in [-0.39, 0.29) is 10.8 Å². The molecule has 26 heavy (non-hydrogen) atoms. The molecule has 9 heteroatoms. The number of hydrogen-bond acceptors (Lipinski definition) is 5. The summed E-state index contributed by atoms with van der Waals surface area (Å²) >= 11 is 1.51. The number of H-pyrrole nitrogens is 1. The number of likely N-dealkylation sites (tertiary alicyclic amines) is 1. The smallest absolute Gasteiger partial charge is 0.270 e. The quantitative estimate of drug-likeness (QED) is 0.716. The summed E-state index contributed by atoms with van der Waals surface area (Å²) in [7, 11) is -3.78. The fraction of sp³-hybridized carbons (Fsp3) is 0.294. The molecule has 0 bridgehead atoms. The summed E-state index contributed by atoms with van der Waals surface area (Å²) in [6.45, 7) is 3.34. The van der Waals surface area contributed by atoms with Crippen LogP contribution in [0.3, 0.4) is 0 Å². The van der Waals surface area contributed by atoms with Gasteiger partial charge in [0.15, 0.2) is 0 Å².